The van der Waals surface area contributed by atoms with E-state index in [0.717, 1.165) is 55.6 Å². The van der Waals surface area contributed by atoms with Gasteiger partial charge < -0.3 is 19.7 Å². The molecule has 8 heteroatoms. The van der Waals surface area contributed by atoms with E-state index in [0.29, 0.717) is 32.6 Å². The molecule has 3 aliphatic heterocycles. The van der Waals surface area contributed by atoms with Gasteiger partial charge in [0.25, 0.3) is 5.91 Å². The van der Waals surface area contributed by atoms with Gasteiger partial charge in [-0.3, -0.25) is 9.59 Å². The molecule has 3 fully saturated rings. The summed E-state index contributed by atoms with van der Waals surface area (Å²) in [5.41, 5.74) is 1.41. The number of benzene rings is 1. The van der Waals surface area contributed by atoms with Crippen LogP contribution in [0.1, 0.15) is 82.4 Å². The first-order valence-electron chi connectivity index (χ1n) is 12.8. The van der Waals surface area contributed by atoms with Crippen LogP contribution >= 0.6 is 0 Å². The minimum absolute atomic E-state index is 0.128. The second kappa shape index (κ2) is 7.62. The second-order valence-corrected chi connectivity index (χ2v) is 10.8. The lowest BCUT2D eigenvalue weighted by Crippen LogP contribution is -2.55. The molecule has 3 heterocycles. The van der Waals surface area contributed by atoms with E-state index in [1.165, 1.54) is 10.5 Å². The quantitative estimate of drug-likeness (QED) is 0.674. The molecule has 0 aromatic heterocycles. The fraction of sp³-hybridized carbons (Fsp3) is 0.654. The summed E-state index contributed by atoms with van der Waals surface area (Å²) in [6.07, 6.45) is 7.40. The van der Waals surface area contributed by atoms with Gasteiger partial charge in [-0.25, -0.2) is 9.69 Å². The standard InChI is InChI=1S/C26H33N3O5/c1-16-18-13-20-21(34-12-11-33-20)14-19(18)25(7-3-4-8-25)15-28(16)22(30)17(2)29-23(31)26(27-24(29)32)9-5-6-10-26/h13-14,16-17H,3-12,15H2,1-2H3,(H,27,32). The summed E-state index contributed by atoms with van der Waals surface area (Å²) < 4.78 is 11.7. The van der Waals surface area contributed by atoms with Gasteiger partial charge in [0.2, 0.25) is 5.91 Å². The fourth-order valence-corrected chi connectivity index (χ4v) is 7.03. The molecule has 182 valence electrons. The summed E-state index contributed by atoms with van der Waals surface area (Å²) in [4.78, 5) is 43.2. The predicted octanol–water partition coefficient (Wildman–Crippen LogP) is 3.43. The van der Waals surface area contributed by atoms with Crippen LogP contribution < -0.4 is 14.8 Å². The summed E-state index contributed by atoms with van der Waals surface area (Å²) in [5, 5.41) is 2.91. The van der Waals surface area contributed by atoms with Gasteiger partial charge in [0.15, 0.2) is 11.5 Å². The zero-order chi connectivity index (χ0) is 23.7. The number of hydrogen-bond donors (Lipinski definition) is 1. The summed E-state index contributed by atoms with van der Waals surface area (Å²) in [6, 6.07) is 2.71. The van der Waals surface area contributed by atoms with Crippen LogP contribution in [0, 0.1) is 0 Å². The third kappa shape index (κ3) is 2.99. The van der Waals surface area contributed by atoms with Gasteiger partial charge in [0, 0.05) is 12.0 Å². The molecule has 2 unspecified atom stereocenters. The maximum Gasteiger partial charge on any atom is 0.325 e. The first-order chi connectivity index (χ1) is 16.4. The minimum atomic E-state index is -0.841. The average molecular weight is 468 g/mol. The number of carbonyl (C=O) groups excluding carboxylic acids is 3. The molecule has 2 aliphatic carbocycles. The number of hydrogen-bond acceptors (Lipinski definition) is 5. The van der Waals surface area contributed by atoms with Crippen LogP contribution in [0.5, 0.6) is 11.5 Å². The van der Waals surface area contributed by atoms with Gasteiger partial charge in [-0.05, 0) is 62.8 Å². The fourth-order valence-electron chi connectivity index (χ4n) is 7.03. The zero-order valence-electron chi connectivity index (χ0n) is 20.0. The van der Waals surface area contributed by atoms with Crippen molar-refractivity contribution >= 4 is 17.8 Å². The molecule has 2 saturated carbocycles. The van der Waals surface area contributed by atoms with Crippen molar-refractivity contribution in [2.75, 3.05) is 19.8 Å². The topological polar surface area (TPSA) is 88.2 Å². The maximum absolute atomic E-state index is 13.9. The highest BCUT2D eigenvalue weighted by Crippen LogP contribution is 2.52. The maximum atomic E-state index is 13.9. The van der Waals surface area contributed by atoms with Crippen LogP contribution in [0.4, 0.5) is 4.79 Å². The monoisotopic (exact) mass is 467 g/mol. The number of rotatable bonds is 2. The average Bonchev–Trinajstić information content (AvgIpc) is 3.56. The largest absolute Gasteiger partial charge is 0.486 e. The van der Waals surface area contributed by atoms with Crippen molar-refractivity contribution in [2.45, 2.75) is 88.3 Å². The van der Waals surface area contributed by atoms with Crippen molar-refractivity contribution in [1.29, 1.82) is 0 Å². The molecule has 6 rings (SSSR count). The van der Waals surface area contributed by atoms with Gasteiger partial charge in [-0.1, -0.05) is 25.7 Å². The molecule has 5 aliphatic rings. The van der Waals surface area contributed by atoms with E-state index >= 15 is 0 Å². The third-order valence-corrected chi connectivity index (χ3v) is 8.92. The van der Waals surface area contributed by atoms with E-state index in [1.807, 2.05) is 17.9 Å². The number of fused-ring (bicyclic) bond motifs is 3. The van der Waals surface area contributed by atoms with Gasteiger partial charge in [0.1, 0.15) is 24.8 Å². The van der Waals surface area contributed by atoms with Crippen molar-refractivity contribution in [2.24, 2.45) is 0 Å². The summed E-state index contributed by atoms with van der Waals surface area (Å²) in [6.45, 7) is 5.38. The number of imide groups is 1. The van der Waals surface area contributed by atoms with Crippen molar-refractivity contribution in [1.82, 2.24) is 15.1 Å². The summed E-state index contributed by atoms with van der Waals surface area (Å²) >= 11 is 0. The zero-order valence-corrected chi connectivity index (χ0v) is 20.0. The second-order valence-electron chi connectivity index (χ2n) is 10.8. The van der Waals surface area contributed by atoms with Crippen molar-refractivity contribution in [3.63, 3.8) is 0 Å². The Hall–Kier alpha value is -2.77. The van der Waals surface area contributed by atoms with Crippen molar-refractivity contribution in [3.8, 4) is 11.5 Å². The molecule has 1 saturated heterocycles. The lowest BCUT2D eigenvalue weighted by Gasteiger charge is -2.47. The highest BCUT2D eigenvalue weighted by Gasteiger charge is 2.56. The Balaban J connectivity index is 1.34. The Labute approximate surface area is 199 Å². The van der Waals surface area contributed by atoms with Crippen molar-refractivity contribution < 1.29 is 23.9 Å². The Bertz CT molecular complexity index is 1060. The normalized spacial score (nSPS) is 27.3. The molecule has 1 aromatic carbocycles. The van der Waals surface area contributed by atoms with Crippen LogP contribution in [0.3, 0.4) is 0 Å². The smallest absolute Gasteiger partial charge is 0.325 e. The first-order valence-corrected chi connectivity index (χ1v) is 12.8. The molecule has 0 bridgehead atoms. The molecular formula is C26H33N3O5. The Morgan fingerprint density at radius 2 is 1.65 bits per heavy atom. The van der Waals surface area contributed by atoms with E-state index in [-0.39, 0.29) is 23.3 Å². The van der Waals surface area contributed by atoms with Gasteiger partial charge in [-0.15, -0.1) is 0 Å². The SMILES string of the molecule is CC1c2cc3c(cc2C2(CCCC2)CN1C(=O)C(C)N1C(=O)NC2(CCCC2)C1=O)OCCO3. The molecule has 0 radical (unpaired) electrons. The van der Waals surface area contributed by atoms with Crippen LogP contribution in [-0.4, -0.2) is 59.0 Å². The number of urea groups is 1. The van der Waals surface area contributed by atoms with E-state index in [9.17, 15) is 14.4 Å². The van der Waals surface area contributed by atoms with Crippen LogP contribution in [0.15, 0.2) is 12.1 Å². The molecule has 2 spiro atoms. The van der Waals surface area contributed by atoms with Crippen LogP contribution in [-0.2, 0) is 15.0 Å². The molecule has 2 atom stereocenters. The molecule has 4 amide bonds. The van der Waals surface area contributed by atoms with E-state index in [1.54, 1.807) is 6.92 Å². The Morgan fingerprint density at radius 1 is 1.03 bits per heavy atom. The predicted molar refractivity (Wildman–Crippen MR) is 124 cm³/mol. The van der Waals surface area contributed by atoms with Gasteiger partial charge in [-0.2, -0.15) is 0 Å². The van der Waals surface area contributed by atoms with Crippen LogP contribution in [0.2, 0.25) is 0 Å². The summed E-state index contributed by atoms with van der Waals surface area (Å²) in [5.74, 6) is 1.11. The number of nitrogens with zero attached hydrogens (tertiary/aromatic N) is 2. The van der Waals surface area contributed by atoms with Crippen LogP contribution in [0.25, 0.3) is 0 Å². The number of carbonyl (C=O) groups is 3. The number of ether oxygens (including phenoxy) is 2. The lowest BCUT2D eigenvalue weighted by molar-refractivity contribution is -0.145. The minimum Gasteiger partial charge on any atom is -0.486 e. The lowest BCUT2D eigenvalue weighted by atomic mass is 9.71. The molecule has 8 nitrogen and oxygen atoms in total. The van der Waals surface area contributed by atoms with E-state index in [2.05, 4.69) is 11.4 Å². The van der Waals surface area contributed by atoms with Gasteiger partial charge >= 0.3 is 6.03 Å². The Morgan fingerprint density at radius 3 is 2.32 bits per heavy atom. The number of nitrogens with one attached hydrogen (secondary N) is 1. The molecule has 1 N–H and O–H groups in total. The third-order valence-electron chi connectivity index (χ3n) is 8.92. The molecule has 34 heavy (non-hydrogen) atoms. The number of amides is 4. The van der Waals surface area contributed by atoms with E-state index < -0.39 is 17.6 Å². The van der Waals surface area contributed by atoms with E-state index in [4.69, 9.17) is 9.47 Å². The van der Waals surface area contributed by atoms with Crippen molar-refractivity contribution in [3.05, 3.63) is 23.3 Å². The first kappa shape index (κ1) is 21.7. The van der Waals surface area contributed by atoms with Gasteiger partial charge in [0.05, 0.1) is 6.04 Å². The molecule has 1 aromatic rings. The highest BCUT2D eigenvalue weighted by atomic mass is 16.6. The highest BCUT2D eigenvalue weighted by molar-refractivity contribution is 6.10. The molecular weight excluding hydrogens is 434 g/mol. The summed E-state index contributed by atoms with van der Waals surface area (Å²) in [7, 11) is 0. The Kier molecular flexibility index (Phi) is 4.87.